The molecule has 21 heavy (non-hydrogen) atoms. The summed E-state index contributed by atoms with van der Waals surface area (Å²) in [5.41, 5.74) is 0.653. The van der Waals surface area contributed by atoms with Crippen molar-refractivity contribution in [2.24, 2.45) is 0 Å². The van der Waals surface area contributed by atoms with Crippen LogP contribution in [0.4, 0.5) is 0 Å². The van der Waals surface area contributed by atoms with Gasteiger partial charge in [0.25, 0.3) is 0 Å². The van der Waals surface area contributed by atoms with Gasteiger partial charge in [-0.15, -0.1) is 0 Å². The monoisotopic (exact) mass is 308 g/mol. The molecular weight excluding hydrogens is 296 g/mol. The van der Waals surface area contributed by atoms with Gasteiger partial charge in [0.1, 0.15) is 5.76 Å². The SMILES string of the molecule is CN(Cc1ccco1)S(=O)(=O)c1ccc2[nH]c(=O)oc2c1. The molecule has 110 valence electrons. The maximum atomic E-state index is 12.5. The number of benzene rings is 1. The second-order valence-corrected chi connectivity index (χ2v) is 6.56. The minimum atomic E-state index is -3.70. The van der Waals surface area contributed by atoms with Gasteiger partial charge in [0.05, 0.1) is 23.2 Å². The van der Waals surface area contributed by atoms with Crippen molar-refractivity contribution in [1.29, 1.82) is 0 Å². The Labute approximate surface area is 119 Å². The standard InChI is InChI=1S/C13H12N2O5S/c1-15(8-9-3-2-6-19-9)21(17,18)10-4-5-11-12(7-10)20-13(16)14-11/h2-7H,8H2,1H3,(H,14,16). The molecule has 3 aromatic rings. The molecule has 0 aliphatic rings. The summed E-state index contributed by atoms with van der Waals surface area (Å²) in [6.45, 7) is 0.116. The molecule has 7 nitrogen and oxygen atoms in total. The molecule has 0 saturated heterocycles. The van der Waals surface area contributed by atoms with E-state index in [2.05, 4.69) is 4.98 Å². The first kappa shape index (κ1) is 13.7. The van der Waals surface area contributed by atoms with E-state index in [1.165, 1.54) is 31.5 Å². The molecule has 0 amide bonds. The van der Waals surface area contributed by atoms with Gasteiger partial charge in [-0.3, -0.25) is 4.98 Å². The number of sulfonamides is 1. The zero-order valence-electron chi connectivity index (χ0n) is 11.1. The highest BCUT2D eigenvalue weighted by Crippen LogP contribution is 2.20. The number of hydrogen-bond acceptors (Lipinski definition) is 5. The Kier molecular flexibility index (Phi) is 3.19. The molecule has 0 atom stereocenters. The quantitative estimate of drug-likeness (QED) is 0.788. The van der Waals surface area contributed by atoms with E-state index in [0.29, 0.717) is 11.3 Å². The van der Waals surface area contributed by atoms with Crippen LogP contribution in [0.25, 0.3) is 11.1 Å². The predicted molar refractivity (Wildman–Crippen MR) is 74.2 cm³/mol. The minimum absolute atomic E-state index is 0.0480. The van der Waals surface area contributed by atoms with E-state index in [4.69, 9.17) is 8.83 Å². The molecule has 1 aromatic carbocycles. The van der Waals surface area contributed by atoms with Gasteiger partial charge in [-0.05, 0) is 24.3 Å². The van der Waals surface area contributed by atoms with Gasteiger partial charge >= 0.3 is 5.76 Å². The number of nitrogens with one attached hydrogen (secondary N) is 1. The third-order valence-corrected chi connectivity index (χ3v) is 4.86. The molecule has 0 fully saturated rings. The third kappa shape index (κ3) is 2.50. The van der Waals surface area contributed by atoms with Gasteiger partial charge in [-0.1, -0.05) is 0 Å². The van der Waals surface area contributed by atoms with Crippen LogP contribution < -0.4 is 5.76 Å². The van der Waals surface area contributed by atoms with E-state index >= 15 is 0 Å². The lowest BCUT2D eigenvalue weighted by molar-refractivity contribution is 0.406. The normalized spacial score (nSPS) is 12.3. The van der Waals surface area contributed by atoms with Crippen molar-refractivity contribution >= 4 is 21.1 Å². The molecule has 0 aliphatic heterocycles. The molecule has 0 aliphatic carbocycles. The molecule has 2 heterocycles. The smallest absolute Gasteiger partial charge is 0.417 e. The summed E-state index contributed by atoms with van der Waals surface area (Å²) >= 11 is 0. The number of oxazole rings is 1. The van der Waals surface area contributed by atoms with E-state index < -0.39 is 15.8 Å². The lowest BCUT2D eigenvalue weighted by Crippen LogP contribution is -2.26. The van der Waals surface area contributed by atoms with Gasteiger partial charge in [0.2, 0.25) is 10.0 Å². The second-order valence-electron chi connectivity index (χ2n) is 4.51. The Bertz CT molecular complexity index is 921. The molecule has 2 aromatic heterocycles. The summed E-state index contributed by atoms with van der Waals surface area (Å²) in [5.74, 6) is -0.0844. The van der Waals surface area contributed by atoms with E-state index in [0.717, 1.165) is 4.31 Å². The first-order valence-corrected chi connectivity index (χ1v) is 7.52. The highest BCUT2D eigenvalue weighted by atomic mass is 32.2. The lowest BCUT2D eigenvalue weighted by atomic mass is 10.3. The van der Waals surface area contributed by atoms with Crippen molar-refractivity contribution in [3.8, 4) is 0 Å². The van der Waals surface area contributed by atoms with E-state index in [1.54, 1.807) is 12.1 Å². The van der Waals surface area contributed by atoms with Crippen LogP contribution in [0.15, 0.2) is 55.1 Å². The number of furan rings is 1. The summed E-state index contributed by atoms with van der Waals surface area (Å²) < 4.78 is 36.1. The molecule has 8 heteroatoms. The third-order valence-electron chi connectivity index (χ3n) is 3.06. The maximum Gasteiger partial charge on any atom is 0.417 e. The molecule has 1 N–H and O–H groups in total. The molecule has 0 spiro atoms. The number of rotatable bonds is 4. The summed E-state index contributed by atoms with van der Waals surface area (Å²) in [5, 5.41) is 0. The largest absolute Gasteiger partial charge is 0.468 e. The van der Waals surface area contributed by atoms with Crippen LogP contribution in [0.1, 0.15) is 5.76 Å². The number of aromatic amines is 1. The maximum absolute atomic E-state index is 12.5. The predicted octanol–water partition coefficient (Wildman–Crippen LogP) is 1.53. The molecule has 0 bridgehead atoms. The van der Waals surface area contributed by atoms with Gasteiger partial charge < -0.3 is 8.83 Å². The van der Waals surface area contributed by atoms with Crippen LogP contribution in [0.3, 0.4) is 0 Å². The summed E-state index contributed by atoms with van der Waals surface area (Å²) in [6.07, 6.45) is 1.48. The summed E-state index contributed by atoms with van der Waals surface area (Å²) in [7, 11) is -2.25. The van der Waals surface area contributed by atoms with Crippen molar-refractivity contribution in [3.63, 3.8) is 0 Å². The topological polar surface area (TPSA) is 96.5 Å². The van der Waals surface area contributed by atoms with E-state index in [1.807, 2.05) is 0 Å². The Balaban J connectivity index is 1.96. The zero-order valence-corrected chi connectivity index (χ0v) is 11.9. The van der Waals surface area contributed by atoms with Crippen LogP contribution in [0.2, 0.25) is 0 Å². The number of hydrogen-bond donors (Lipinski definition) is 1. The van der Waals surface area contributed by atoms with Crippen molar-refractivity contribution in [2.75, 3.05) is 7.05 Å². The first-order chi connectivity index (χ1) is 9.96. The molecule has 0 unspecified atom stereocenters. The molecule has 3 rings (SSSR count). The molecule has 0 saturated carbocycles. The van der Waals surface area contributed by atoms with Gasteiger partial charge in [0.15, 0.2) is 5.58 Å². The summed E-state index contributed by atoms with van der Waals surface area (Å²) in [6, 6.07) is 7.62. The number of aromatic nitrogens is 1. The highest BCUT2D eigenvalue weighted by Gasteiger charge is 2.22. The first-order valence-electron chi connectivity index (χ1n) is 6.08. The lowest BCUT2D eigenvalue weighted by Gasteiger charge is -2.15. The van der Waals surface area contributed by atoms with Gasteiger partial charge in [0, 0.05) is 13.1 Å². The van der Waals surface area contributed by atoms with Crippen LogP contribution >= 0.6 is 0 Å². The number of H-pyrrole nitrogens is 1. The van der Waals surface area contributed by atoms with Crippen molar-refractivity contribution < 1.29 is 17.3 Å². The Morgan fingerprint density at radius 1 is 1.29 bits per heavy atom. The van der Waals surface area contributed by atoms with Gasteiger partial charge in [-0.2, -0.15) is 4.31 Å². The Hall–Kier alpha value is -2.32. The minimum Gasteiger partial charge on any atom is -0.468 e. The average Bonchev–Trinajstić information content (AvgIpc) is 3.05. The average molecular weight is 308 g/mol. The van der Waals surface area contributed by atoms with Crippen molar-refractivity contribution in [2.45, 2.75) is 11.4 Å². The van der Waals surface area contributed by atoms with Gasteiger partial charge in [-0.25, -0.2) is 13.2 Å². The Morgan fingerprint density at radius 3 is 2.81 bits per heavy atom. The second kappa shape index (κ2) is 4.90. The van der Waals surface area contributed by atoms with E-state index in [-0.39, 0.29) is 17.0 Å². The highest BCUT2D eigenvalue weighted by molar-refractivity contribution is 7.89. The fraction of sp³-hybridized carbons (Fsp3) is 0.154. The zero-order chi connectivity index (χ0) is 15.0. The van der Waals surface area contributed by atoms with E-state index in [9.17, 15) is 13.2 Å². The van der Waals surface area contributed by atoms with Crippen LogP contribution in [-0.4, -0.2) is 24.8 Å². The van der Waals surface area contributed by atoms with Crippen molar-refractivity contribution in [3.05, 3.63) is 52.9 Å². The Morgan fingerprint density at radius 2 is 2.10 bits per heavy atom. The number of nitrogens with zero attached hydrogens (tertiary/aromatic N) is 1. The van der Waals surface area contributed by atoms with Crippen LogP contribution in [-0.2, 0) is 16.6 Å². The van der Waals surface area contributed by atoms with Crippen LogP contribution in [0.5, 0.6) is 0 Å². The van der Waals surface area contributed by atoms with Crippen LogP contribution in [0, 0.1) is 0 Å². The number of fused-ring (bicyclic) bond motifs is 1. The summed E-state index contributed by atoms with van der Waals surface area (Å²) in [4.78, 5) is 13.6. The fourth-order valence-corrected chi connectivity index (χ4v) is 3.13. The molecule has 0 radical (unpaired) electrons. The van der Waals surface area contributed by atoms with Crippen molar-refractivity contribution in [1.82, 2.24) is 9.29 Å². The fourth-order valence-electron chi connectivity index (χ4n) is 1.97. The molecular formula is C13H12N2O5S.